The van der Waals surface area contributed by atoms with Crippen molar-refractivity contribution >= 4 is 44.5 Å². The molecule has 12 heteroatoms. The van der Waals surface area contributed by atoms with Crippen LogP contribution in [-0.4, -0.2) is 54.5 Å². The van der Waals surface area contributed by atoms with Crippen molar-refractivity contribution in [1.29, 1.82) is 0 Å². The van der Waals surface area contributed by atoms with E-state index in [9.17, 15) is 21.6 Å². The molecular weight excluding hydrogens is 521 g/mol. The van der Waals surface area contributed by atoms with Crippen LogP contribution in [0.15, 0.2) is 58.0 Å². The van der Waals surface area contributed by atoms with Gasteiger partial charge >= 0.3 is 16.4 Å². The smallest absolute Gasteiger partial charge is 0.240 e. The van der Waals surface area contributed by atoms with Crippen molar-refractivity contribution in [3.63, 3.8) is 0 Å². The predicted octanol–water partition coefficient (Wildman–Crippen LogP) is 5.61. The summed E-state index contributed by atoms with van der Waals surface area (Å²) < 4.78 is 71.4. The molecule has 4 rings (SSSR count). The quantitative estimate of drug-likeness (QED) is 0.370. The van der Waals surface area contributed by atoms with Gasteiger partial charge in [-0.2, -0.15) is 31.0 Å². The van der Waals surface area contributed by atoms with Crippen molar-refractivity contribution in [3.05, 3.63) is 70.2 Å². The Morgan fingerprint density at radius 2 is 1.80 bits per heavy atom. The first-order valence-electron chi connectivity index (χ1n) is 11.0. The Hall–Kier alpha value is -2.08. The number of alkyl halides is 3. The Morgan fingerprint density at radius 1 is 1.11 bits per heavy atom. The molecule has 0 bridgehead atoms. The molecule has 1 fully saturated rings. The van der Waals surface area contributed by atoms with Crippen LogP contribution < -0.4 is 0 Å². The van der Waals surface area contributed by atoms with Crippen molar-refractivity contribution in [3.8, 4) is 0 Å². The van der Waals surface area contributed by atoms with Gasteiger partial charge in [-0.05, 0) is 48.4 Å². The summed E-state index contributed by atoms with van der Waals surface area (Å²) in [5.74, 6) is -0.534. The molecule has 2 aromatic carbocycles. The topological polar surface area (TPSA) is 65.3 Å². The van der Waals surface area contributed by atoms with Gasteiger partial charge in [0.2, 0.25) is 0 Å². The van der Waals surface area contributed by atoms with E-state index in [1.165, 1.54) is 15.4 Å². The van der Waals surface area contributed by atoms with Crippen molar-refractivity contribution in [2.24, 2.45) is 9.50 Å². The lowest BCUT2D eigenvalue weighted by molar-refractivity contribution is -0.137. The zero-order valence-corrected chi connectivity index (χ0v) is 21.3. The first-order chi connectivity index (χ1) is 16.6. The van der Waals surface area contributed by atoms with Gasteiger partial charge in [-0.15, -0.1) is 4.40 Å². The minimum absolute atomic E-state index is 0.147. The number of rotatable bonds is 4. The Balaban J connectivity index is 1.73. The minimum Gasteiger partial charge on any atom is -0.240 e. The molecule has 188 valence electrons. The molecule has 2 aromatic rings. The van der Waals surface area contributed by atoms with Crippen LogP contribution in [0.3, 0.4) is 0 Å². The molecule has 1 unspecified atom stereocenters. The highest BCUT2D eigenvalue weighted by Gasteiger charge is 2.35. The molecule has 2 heterocycles. The number of hydrogen-bond donors (Lipinski definition) is 0. The van der Waals surface area contributed by atoms with Gasteiger partial charge in [0.05, 0.1) is 17.8 Å². The molecule has 0 amide bonds. The molecule has 35 heavy (non-hydrogen) atoms. The third kappa shape index (κ3) is 6.02. The lowest BCUT2D eigenvalue weighted by Crippen LogP contribution is -2.36. The van der Waals surface area contributed by atoms with Crippen LogP contribution in [0, 0.1) is 0 Å². The summed E-state index contributed by atoms with van der Waals surface area (Å²) in [4.78, 5) is 0. The van der Waals surface area contributed by atoms with E-state index in [1.807, 2.05) is 0 Å². The lowest BCUT2D eigenvalue weighted by atomic mass is 9.89. The highest BCUT2D eigenvalue weighted by molar-refractivity contribution is 8.13. The number of thioether (sulfide) groups is 1. The number of nitrogens with zero attached hydrogens (tertiary/aromatic N) is 4. The van der Waals surface area contributed by atoms with Gasteiger partial charge in [-0.1, -0.05) is 60.1 Å². The lowest BCUT2D eigenvalue weighted by Gasteiger charge is -2.24. The monoisotopic (exact) mass is 544 g/mol. The maximum absolute atomic E-state index is 13.4. The molecule has 0 aliphatic carbocycles. The van der Waals surface area contributed by atoms with Gasteiger partial charge in [0, 0.05) is 24.0 Å². The zero-order chi connectivity index (χ0) is 25.2. The third-order valence-electron chi connectivity index (χ3n) is 5.91. The maximum atomic E-state index is 13.4. The maximum Gasteiger partial charge on any atom is 0.416 e. The fraction of sp³-hybridized carbons (Fsp3) is 0.391. The van der Waals surface area contributed by atoms with Gasteiger partial charge in [-0.25, -0.2) is 5.01 Å². The van der Waals surface area contributed by atoms with Crippen LogP contribution in [0.25, 0.3) is 0 Å². The molecule has 2 aliphatic rings. The van der Waals surface area contributed by atoms with Crippen LogP contribution in [0.4, 0.5) is 13.2 Å². The number of halogens is 4. The van der Waals surface area contributed by atoms with E-state index in [-0.39, 0.29) is 11.7 Å². The highest BCUT2D eigenvalue weighted by Crippen LogP contribution is 2.35. The first kappa shape index (κ1) is 26.0. The average molecular weight is 545 g/mol. The molecule has 0 aromatic heterocycles. The van der Waals surface area contributed by atoms with Crippen LogP contribution in [-0.2, 0) is 16.4 Å². The molecule has 1 saturated heterocycles. The first-order valence-corrected chi connectivity index (χ1v) is 14.0. The Morgan fingerprint density at radius 3 is 2.43 bits per heavy atom. The van der Waals surface area contributed by atoms with Crippen LogP contribution in [0.5, 0.6) is 0 Å². The highest BCUT2D eigenvalue weighted by atomic mass is 35.5. The van der Waals surface area contributed by atoms with E-state index < -0.39 is 27.9 Å². The molecule has 0 saturated carbocycles. The molecule has 1 atom stereocenters. The van der Waals surface area contributed by atoms with E-state index in [4.69, 9.17) is 11.6 Å². The van der Waals surface area contributed by atoms with Gasteiger partial charge in [0.1, 0.15) is 0 Å². The summed E-state index contributed by atoms with van der Waals surface area (Å²) in [5.41, 5.74) is 0.863. The number of hydrogen-bond acceptors (Lipinski definition) is 4. The molecule has 2 aliphatic heterocycles. The van der Waals surface area contributed by atoms with Gasteiger partial charge in [-0.3, -0.25) is 0 Å². The summed E-state index contributed by atoms with van der Waals surface area (Å²) >= 11 is 7.15. The summed E-state index contributed by atoms with van der Waals surface area (Å²) in [6, 6.07) is 12.0. The summed E-state index contributed by atoms with van der Waals surface area (Å²) in [6.07, 6.45) is -0.252. The van der Waals surface area contributed by atoms with Gasteiger partial charge < -0.3 is 0 Å². The number of benzene rings is 2. The zero-order valence-electron chi connectivity index (χ0n) is 18.9. The number of amidine groups is 1. The Labute approximate surface area is 212 Å². The fourth-order valence-electron chi connectivity index (χ4n) is 4.14. The van der Waals surface area contributed by atoms with E-state index in [0.717, 1.165) is 43.2 Å². The SMILES string of the molecule is CS/C(=N\S(=O)(=O)N1CCCCC1)N1CC(c2cccc(C(F)(F)F)c2)C(c2ccc(Cl)cc2)=N1. The average Bonchev–Trinajstić information content (AvgIpc) is 3.28. The van der Waals surface area contributed by atoms with E-state index in [0.29, 0.717) is 35.0 Å². The van der Waals surface area contributed by atoms with Gasteiger partial charge in [0.25, 0.3) is 0 Å². The largest absolute Gasteiger partial charge is 0.416 e. The second-order valence-electron chi connectivity index (χ2n) is 8.27. The molecule has 0 radical (unpaired) electrons. The molecular formula is C23H24ClF3N4O2S2. The number of hydrazone groups is 1. The second-order valence-corrected chi connectivity index (χ2v) is 11.1. The predicted molar refractivity (Wildman–Crippen MR) is 134 cm³/mol. The van der Waals surface area contributed by atoms with Crippen LogP contribution >= 0.6 is 23.4 Å². The van der Waals surface area contributed by atoms with Crippen molar-refractivity contribution in [2.45, 2.75) is 31.4 Å². The Bertz CT molecular complexity index is 1230. The fourth-order valence-corrected chi connectivity index (χ4v) is 6.30. The van der Waals surface area contributed by atoms with Crippen LogP contribution in [0.1, 0.15) is 41.9 Å². The van der Waals surface area contributed by atoms with Crippen LogP contribution in [0.2, 0.25) is 5.02 Å². The van der Waals surface area contributed by atoms with Gasteiger partial charge in [0.15, 0.2) is 5.17 Å². The minimum atomic E-state index is -4.49. The Kier molecular flexibility index (Phi) is 7.80. The van der Waals surface area contributed by atoms with Crippen molar-refractivity contribution in [2.75, 3.05) is 25.9 Å². The van der Waals surface area contributed by atoms with Crippen molar-refractivity contribution < 1.29 is 21.6 Å². The molecule has 0 N–H and O–H groups in total. The van der Waals surface area contributed by atoms with E-state index in [2.05, 4.69) is 9.50 Å². The third-order valence-corrected chi connectivity index (χ3v) is 8.36. The summed E-state index contributed by atoms with van der Waals surface area (Å²) in [7, 11) is -3.90. The summed E-state index contributed by atoms with van der Waals surface area (Å²) in [5, 5.41) is 6.76. The van der Waals surface area contributed by atoms with E-state index in [1.54, 1.807) is 36.6 Å². The van der Waals surface area contributed by atoms with E-state index >= 15 is 0 Å². The normalized spacial score (nSPS) is 20.3. The number of piperidine rings is 1. The summed E-state index contributed by atoms with van der Waals surface area (Å²) in [6.45, 7) is 0.980. The molecule has 6 nitrogen and oxygen atoms in total. The molecule has 0 spiro atoms. The standard InChI is InChI=1S/C23H24ClF3N4O2S2/c1-34-22(29-35(32,33)30-12-3-2-4-13-30)31-15-20(17-6-5-7-18(14-17)23(25,26)27)21(28-31)16-8-10-19(24)11-9-16/h5-11,14,20H,2-4,12-13,15H2,1H3/b29-22-. The second kappa shape index (κ2) is 10.5. The van der Waals surface area contributed by atoms with Crippen molar-refractivity contribution in [1.82, 2.24) is 9.31 Å².